The molecular weight excluding hydrogens is 350 g/mol. The number of carboxylic acid groups (broad SMARTS) is 1. The smallest absolute Gasteiger partial charge is 0.308 e. The van der Waals surface area contributed by atoms with Crippen molar-refractivity contribution in [3.63, 3.8) is 0 Å². The van der Waals surface area contributed by atoms with Crippen LogP contribution in [-0.4, -0.2) is 42.1 Å². The number of hydrogen-bond acceptors (Lipinski definition) is 3. The van der Waals surface area contributed by atoms with Gasteiger partial charge in [0, 0.05) is 18.7 Å². The van der Waals surface area contributed by atoms with Gasteiger partial charge in [0.1, 0.15) is 5.75 Å². The Balaban J connectivity index is 1.77. The van der Waals surface area contributed by atoms with Crippen molar-refractivity contribution in [1.82, 2.24) is 4.90 Å². The molecule has 1 amide bonds. The van der Waals surface area contributed by atoms with Gasteiger partial charge in [0.15, 0.2) is 0 Å². The Labute approximate surface area is 137 Å². The third-order valence-corrected chi connectivity index (χ3v) is 5.22. The van der Waals surface area contributed by atoms with E-state index in [2.05, 4.69) is 15.9 Å². The molecule has 0 radical (unpaired) electrons. The lowest BCUT2D eigenvalue weighted by Gasteiger charge is -2.17. The fraction of sp³-hybridized carbons (Fsp3) is 0.500. The molecule has 1 saturated carbocycles. The fourth-order valence-corrected chi connectivity index (χ4v) is 3.78. The first-order chi connectivity index (χ1) is 10.5. The third kappa shape index (κ3) is 2.84. The summed E-state index contributed by atoms with van der Waals surface area (Å²) in [6.45, 7) is 0.850. The van der Waals surface area contributed by atoms with Gasteiger partial charge in [0.25, 0.3) is 5.91 Å². The van der Waals surface area contributed by atoms with Crippen molar-refractivity contribution in [2.24, 2.45) is 17.8 Å². The standard InChI is InChI=1S/C16H18BrNO4/c1-22-14-5-4-10(6-13(14)17)15(19)18-7-11(9-2-3-9)12(8-18)16(20)21/h4-6,9,11-12H,2-3,7-8H2,1H3,(H,20,21)/t11-,12+/m1/s1. The lowest BCUT2D eigenvalue weighted by atomic mass is 9.92. The zero-order valence-electron chi connectivity index (χ0n) is 12.3. The summed E-state index contributed by atoms with van der Waals surface area (Å²) in [5.74, 6) is -0.0964. The molecule has 0 unspecified atom stereocenters. The van der Waals surface area contributed by atoms with Gasteiger partial charge in [-0.1, -0.05) is 0 Å². The first-order valence-corrected chi connectivity index (χ1v) is 8.16. The van der Waals surface area contributed by atoms with Crippen LogP contribution in [0.25, 0.3) is 0 Å². The zero-order chi connectivity index (χ0) is 15.9. The molecule has 5 nitrogen and oxygen atoms in total. The first kappa shape index (κ1) is 15.3. The molecule has 1 aliphatic carbocycles. The summed E-state index contributed by atoms with van der Waals surface area (Å²) >= 11 is 3.37. The monoisotopic (exact) mass is 367 g/mol. The van der Waals surface area contributed by atoms with Crippen molar-refractivity contribution in [2.45, 2.75) is 12.8 Å². The molecule has 2 aliphatic rings. The highest BCUT2D eigenvalue weighted by atomic mass is 79.9. The molecule has 1 heterocycles. The predicted octanol–water partition coefficient (Wildman–Crippen LogP) is 2.64. The number of methoxy groups -OCH3 is 1. The van der Waals surface area contributed by atoms with Gasteiger partial charge >= 0.3 is 5.97 Å². The van der Waals surface area contributed by atoms with Gasteiger partial charge in [0.2, 0.25) is 0 Å². The van der Waals surface area contributed by atoms with Crippen LogP contribution in [-0.2, 0) is 4.79 Å². The zero-order valence-corrected chi connectivity index (χ0v) is 13.9. The van der Waals surface area contributed by atoms with E-state index in [0.29, 0.717) is 34.8 Å². The Morgan fingerprint density at radius 2 is 2.05 bits per heavy atom. The SMILES string of the molecule is COc1ccc(C(=O)N2C[C@H](C(=O)O)[C@@H](C3CC3)C2)cc1Br. The van der Waals surface area contributed by atoms with E-state index < -0.39 is 11.9 Å². The van der Waals surface area contributed by atoms with E-state index in [9.17, 15) is 14.7 Å². The van der Waals surface area contributed by atoms with E-state index in [1.165, 1.54) is 0 Å². The first-order valence-electron chi connectivity index (χ1n) is 7.37. The largest absolute Gasteiger partial charge is 0.496 e. The van der Waals surface area contributed by atoms with Crippen molar-refractivity contribution in [3.05, 3.63) is 28.2 Å². The van der Waals surface area contributed by atoms with Crippen molar-refractivity contribution in [3.8, 4) is 5.75 Å². The maximum atomic E-state index is 12.6. The number of ether oxygens (including phenoxy) is 1. The van der Waals surface area contributed by atoms with Crippen LogP contribution in [0.5, 0.6) is 5.75 Å². The molecule has 1 aromatic carbocycles. The molecule has 6 heteroatoms. The van der Waals surface area contributed by atoms with Crippen LogP contribution in [0.1, 0.15) is 23.2 Å². The molecule has 2 fully saturated rings. The van der Waals surface area contributed by atoms with Crippen molar-refractivity contribution in [2.75, 3.05) is 20.2 Å². The molecule has 1 aromatic rings. The molecular formula is C16H18BrNO4. The Morgan fingerprint density at radius 3 is 2.59 bits per heavy atom. The van der Waals surface area contributed by atoms with Gasteiger partial charge in [0.05, 0.1) is 17.5 Å². The number of nitrogens with zero attached hydrogens (tertiary/aromatic N) is 1. The number of carbonyl (C=O) groups is 2. The predicted molar refractivity (Wildman–Crippen MR) is 83.9 cm³/mol. The Hall–Kier alpha value is -1.56. The lowest BCUT2D eigenvalue weighted by Crippen LogP contribution is -2.29. The average molecular weight is 368 g/mol. The van der Waals surface area contributed by atoms with Gasteiger partial charge in [-0.2, -0.15) is 0 Å². The maximum Gasteiger partial charge on any atom is 0.308 e. The Morgan fingerprint density at radius 1 is 1.32 bits per heavy atom. The van der Waals surface area contributed by atoms with E-state index in [0.717, 1.165) is 12.8 Å². The number of amides is 1. The van der Waals surface area contributed by atoms with Crippen LogP contribution in [0.4, 0.5) is 0 Å². The lowest BCUT2D eigenvalue weighted by molar-refractivity contribution is -0.142. The molecule has 0 aromatic heterocycles. The Kier molecular flexibility index (Phi) is 4.12. The van der Waals surface area contributed by atoms with E-state index in [4.69, 9.17) is 4.74 Å². The highest BCUT2D eigenvalue weighted by Gasteiger charge is 2.46. The minimum atomic E-state index is -0.789. The van der Waals surface area contributed by atoms with Crippen molar-refractivity contribution < 1.29 is 19.4 Å². The second-order valence-electron chi connectivity index (χ2n) is 6.01. The molecule has 118 valence electrons. The van der Waals surface area contributed by atoms with E-state index >= 15 is 0 Å². The van der Waals surface area contributed by atoms with Crippen LogP contribution >= 0.6 is 15.9 Å². The van der Waals surface area contributed by atoms with E-state index in [1.807, 2.05) is 0 Å². The number of carbonyl (C=O) groups excluding carboxylic acids is 1. The number of aliphatic carboxylic acids is 1. The topological polar surface area (TPSA) is 66.8 Å². The van der Waals surface area contributed by atoms with E-state index in [1.54, 1.807) is 30.2 Å². The van der Waals surface area contributed by atoms with Gasteiger partial charge in [-0.15, -0.1) is 0 Å². The Bertz CT molecular complexity index is 614. The average Bonchev–Trinajstić information content (AvgIpc) is 3.24. The number of hydrogen-bond donors (Lipinski definition) is 1. The molecule has 1 aliphatic heterocycles. The highest BCUT2D eigenvalue weighted by molar-refractivity contribution is 9.10. The van der Waals surface area contributed by atoms with Crippen LogP contribution in [0.2, 0.25) is 0 Å². The van der Waals surface area contributed by atoms with Gasteiger partial charge in [-0.25, -0.2) is 0 Å². The summed E-state index contributed by atoms with van der Waals surface area (Å²) in [5.41, 5.74) is 0.549. The van der Waals surface area contributed by atoms with Crippen LogP contribution < -0.4 is 4.74 Å². The van der Waals surface area contributed by atoms with Crippen molar-refractivity contribution in [1.29, 1.82) is 0 Å². The molecule has 1 N–H and O–H groups in total. The summed E-state index contributed by atoms with van der Waals surface area (Å²) in [5, 5.41) is 9.38. The number of rotatable bonds is 4. The molecule has 2 atom stereocenters. The van der Waals surface area contributed by atoms with Gasteiger partial charge in [-0.3, -0.25) is 9.59 Å². The second-order valence-corrected chi connectivity index (χ2v) is 6.86. The summed E-state index contributed by atoms with van der Waals surface area (Å²) in [6, 6.07) is 5.17. The van der Waals surface area contributed by atoms with Crippen LogP contribution in [0.3, 0.4) is 0 Å². The third-order valence-electron chi connectivity index (χ3n) is 4.60. The molecule has 22 heavy (non-hydrogen) atoms. The minimum Gasteiger partial charge on any atom is -0.496 e. The van der Waals surface area contributed by atoms with E-state index in [-0.39, 0.29) is 11.8 Å². The summed E-state index contributed by atoms with van der Waals surface area (Å²) in [7, 11) is 1.57. The molecule has 3 rings (SSSR count). The normalized spacial score (nSPS) is 24.4. The van der Waals surface area contributed by atoms with Gasteiger partial charge in [-0.05, 0) is 58.8 Å². The second kappa shape index (κ2) is 5.91. The van der Waals surface area contributed by atoms with Crippen molar-refractivity contribution >= 4 is 27.8 Å². The summed E-state index contributed by atoms with van der Waals surface area (Å²) in [6.07, 6.45) is 2.18. The molecule has 0 spiro atoms. The number of carboxylic acids is 1. The van der Waals surface area contributed by atoms with Gasteiger partial charge < -0.3 is 14.7 Å². The molecule has 1 saturated heterocycles. The van der Waals surface area contributed by atoms with Crippen LogP contribution in [0, 0.1) is 17.8 Å². The minimum absolute atomic E-state index is 0.100. The summed E-state index contributed by atoms with van der Waals surface area (Å²) < 4.78 is 5.88. The highest BCUT2D eigenvalue weighted by Crippen LogP contribution is 2.44. The number of halogens is 1. The fourth-order valence-electron chi connectivity index (χ4n) is 3.24. The number of benzene rings is 1. The molecule has 0 bridgehead atoms. The summed E-state index contributed by atoms with van der Waals surface area (Å²) in [4.78, 5) is 25.7. The maximum absolute atomic E-state index is 12.6. The van der Waals surface area contributed by atoms with Crippen LogP contribution in [0.15, 0.2) is 22.7 Å². The quantitative estimate of drug-likeness (QED) is 0.888. The number of likely N-dealkylation sites (tertiary alicyclic amines) is 1.